The highest BCUT2D eigenvalue weighted by Gasteiger charge is 2.63. The summed E-state index contributed by atoms with van der Waals surface area (Å²) in [5, 5.41) is 11.2. The maximum absolute atomic E-state index is 13.1. The molecule has 0 aliphatic carbocycles. The summed E-state index contributed by atoms with van der Waals surface area (Å²) in [4.78, 5) is 38.8. The Balaban J connectivity index is 2.18. The number of nitrogens with zero attached hydrogens (tertiary/aromatic N) is 2. The van der Waals surface area contributed by atoms with E-state index in [-0.39, 0.29) is 12.1 Å². The van der Waals surface area contributed by atoms with Gasteiger partial charge in [0.1, 0.15) is 0 Å². The minimum absolute atomic E-state index is 0.0243. The Hall–Kier alpha value is -2.64. The molecule has 2 aliphatic heterocycles. The first-order chi connectivity index (χ1) is 12.7. The van der Waals surface area contributed by atoms with Gasteiger partial charge in [0, 0.05) is 44.6 Å². The highest BCUT2D eigenvalue weighted by molar-refractivity contribution is 6.04. The third-order valence-corrected chi connectivity index (χ3v) is 5.25. The number of carbonyl (C=O) groups excluding carboxylic acids is 2. The third-order valence-electron chi connectivity index (χ3n) is 5.25. The zero-order chi connectivity index (χ0) is 20.0. The molecular weight excluding hydrogens is 352 g/mol. The summed E-state index contributed by atoms with van der Waals surface area (Å²) < 4.78 is 10.9. The second kappa shape index (κ2) is 6.51. The fraction of sp³-hybridized carbons (Fsp3) is 0.579. The predicted molar refractivity (Wildman–Crippen MR) is 97.2 cm³/mol. The monoisotopic (exact) mass is 376 g/mol. The summed E-state index contributed by atoms with van der Waals surface area (Å²) in [6.07, 6.45) is 1.34. The van der Waals surface area contributed by atoms with Gasteiger partial charge < -0.3 is 14.4 Å². The molecule has 3 rings (SSSR count). The molecule has 0 aromatic heterocycles. The number of rotatable bonds is 4. The minimum Gasteiger partial charge on any atom is -0.422 e. The van der Waals surface area contributed by atoms with Crippen LogP contribution in [-0.2, 0) is 25.5 Å². The lowest BCUT2D eigenvalue weighted by Crippen LogP contribution is -2.66. The van der Waals surface area contributed by atoms with Crippen LogP contribution in [0.1, 0.15) is 46.1 Å². The average Bonchev–Trinajstić information content (AvgIpc) is 2.58. The maximum Gasteiger partial charge on any atom is 0.329 e. The lowest BCUT2D eigenvalue weighted by Gasteiger charge is -2.51. The number of nitro groups is 1. The van der Waals surface area contributed by atoms with Crippen LogP contribution in [0.3, 0.4) is 0 Å². The van der Waals surface area contributed by atoms with Crippen LogP contribution in [0.15, 0.2) is 18.2 Å². The highest BCUT2D eigenvalue weighted by Crippen LogP contribution is 2.48. The lowest BCUT2D eigenvalue weighted by molar-refractivity contribution is -0.384. The summed E-state index contributed by atoms with van der Waals surface area (Å²) in [7, 11) is 0. The van der Waals surface area contributed by atoms with E-state index >= 15 is 0 Å². The Bertz CT molecular complexity index is 783. The number of ether oxygens (including phenoxy) is 2. The summed E-state index contributed by atoms with van der Waals surface area (Å²) in [6, 6.07) is 4.14. The number of fused-ring (bicyclic) bond motifs is 1. The molecule has 8 nitrogen and oxygen atoms in total. The lowest BCUT2D eigenvalue weighted by atomic mass is 9.69. The number of hydrogen-bond acceptors (Lipinski definition) is 7. The molecule has 0 N–H and O–H groups in total. The first kappa shape index (κ1) is 19.1. The van der Waals surface area contributed by atoms with Crippen molar-refractivity contribution in [3.05, 3.63) is 33.9 Å². The number of benzene rings is 1. The molecule has 146 valence electrons. The summed E-state index contributed by atoms with van der Waals surface area (Å²) in [5.41, 5.74) is -0.212. The quantitative estimate of drug-likeness (QED) is 0.345. The summed E-state index contributed by atoms with van der Waals surface area (Å²) >= 11 is 0. The van der Waals surface area contributed by atoms with E-state index in [2.05, 4.69) is 0 Å². The van der Waals surface area contributed by atoms with Gasteiger partial charge in [-0.05, 0) is 24.5 Å². The molecule has 0 amide bonds. The number of non-ortho nitro benzene ring substituents is 1. The molecular formula is C19H24N2O6. The van der Waals surface area contributed by atoms with Crippen LogP contribution in [0.5, 0.6) is 0 Å². The molecule has 1 atom stereocenters. The Morgan fingerprint density at radius 1 is 1.22 bits per heavy atom. The molecule has 0 radical (unpaired) electrons. The van der Waals surface area contributed by atoms with Crippen LogP contribution >= 0.6 is 0 Å². The molecule has 1 saturated heterocycles. The van der Waals surface area contributed by atoms with Crippen molar-refractivity contribution in [2.24, 2.45) is 5.41 Å². The van der Waals surface area contributed by atoms with Crippen molar-refractivity contribution in [1.29, 1.82) is 0 Å². The van der Waals surface area contributed by atoms with E-state index in [1.807, 2.05) is 18.7 Å². The van der Waals surface area contributed by atoms with Crippen molar-refractivity contribution >= 4 is 23.3 Å². The SMILES string of the molecule is CCCN1c2ccc([N+](=O)[O-])cc2CC2(C(=O)OC(C)(C)OC2=O)C1CC. The van der Waals surface area contributed by atoms with Crippen molar-refractivity contribution in [3.63, 3.8) is 0 Å². The Morgan fingerprint density at radius 3 is 2.37 bits per heavy atom. The van der Waals surface area contributed by atoms with Gasteiger partial charge in [-0.15, -0.1) is 0 Å². The standard InChI is InChI=1S/C19H24N2O6/c1-5-9-20-14-8-7-13(21(24)25)10-12(14)11-19(15(20)6-2)16(22)26-18(3,4)27-17(19)23/h7-8,10,15H,5-6,9,11H2,1-4H3. The number of cyclic esters (lactones) is 2. The summed E-state index contributed by atoms with van der Waals surface area (Å²) in [6.45, 7) is 7.55. The van der Waals surface area contributed by atoms with E-state index in [1.165, 1.54) is 26.0 Å². The van der Waals surface area contributed by atoms with Crippen LogP contribution in [0.4, 0.5) is 11.4 Å². The number of nitro benzene ring substituents is 1. The zero-order valence-electron chi connectivity index (χ0n) is 16.0. The Morgan fingerprint density at radius 2 is 1.85 bits per heavy atom. The molecule has 1 spiro atoms. The molecule has 1 unspecified atom stereocenters. The molecule has 8 heteroatoms. The van der Waals surface area contributed by atoms with Crippen molar-refractivity contribution < 1.29 is 24.0 Å². The number of hydrogen-bond donors (Lipinski definition) is 0. The smallest absolute Gasteiger partial charge is 0.329 e. The molecule has 1 aromatic rings. The molecule has 1 fully saturated rings. The second-order valence-electron chi connectivity index (χ2n) is 7.51. The number of carbonyl (C=O) groups is 2. The van der Waals surface area contributed by atoms with Gasteiger partial charge in [0.05, 0.1) is 11.0 Å². The fourth-order valence-electron chi connectivity index (χ4n) is 4.19. The van der Waals surface area contributed by atoms with Gasteiger partial charge in [0.25, 0.3) is 11.5 Å². The average molecular weight is 376 g/mol. The minimum atomic E-state index is -1.53. The highest BCUT2D eigenvalue weighted by atomic mass is 16.7. The van der Waals surface area contributed by atoms with Gasteiger partial charge in [-0.3, -0.25) is 19.7 Å². The van der Waals surface area contributed by atoms with Crippen molar-refractivity contribution in [2.45, 2.75) is 58.8 Å². The Labute approximate surface area is 157 Å². The van der Waals surface area contributed by atoms with Gasteiger partial charge in [0.15, 0.2) is 5.41 Å². The Kier molecular flexibility index (Phi) is 4.61. The van der Waals surface area contributed by atoms with Crippen LogP contribution in [-0.4, -0.2) is 35.2 Å². The van der Waals surface area contributed by atoms with Crippen molar-refractivity contribution in [1.82, 2.24) is 0 Å². The second-order valence-corrected chi connectivity index (χ2v) is 7.51. The van der Waals surface area contributed by atoms with E-state index in [9.17, 15) is 19.7 Å². The molecule has 0 bridgehead atoms. The molecule has 2 aliphatic rings. The van der Waals surface area contributed by atoms with E-state index in [4.69, 9.17) is 9.47 Å². The normalized spacial score (nSPS) is 22.8. The predicted octanol–water partition coefficient (Wildman–Crippen LogP) is 2.97. The maximum atomic E-state index is 13.1. The van der Waals surface area contributed by atoms with Crippen LogP contribution < -0.4 is 4.90 Å². The first-order valence-corrected chi connectivity index (χ1v) is 9.17. The van der Waals surface area contributed by atoms with Crippen LogP contribution in [0, 0.1) is 15.5 Å². The third kappa shape index (κ3) is 2.93. The largest absolute Gasteiger partial charge is 0.422 e. The van der Waals surface area contributed by atoms with Gasteiger partial charge in [-0.1, -0.05) is 13.8 Å². The van der Waals surface area contributed by atoms with Crippen molar-refractivity contribution in [2.75, 3.05) is 11.4 Å². The van der Waals surface area contributed by atoms with Gasteiger partial charge in [-0.25, -0.2) is 0 Å². The molecule has 2 heterocycles. The van der Waals surface area contributed by atoms with Gasteiger partial charge in [0.2, 0.25) is 0 Å². The van der Waals surface area contributed by atoms with E-state index in [0.29, 0.717) is 18.5 Å². The topological polar surface area (TPSA) is 99.0 Å². The van der Waals surface area contributed by atoms with E-state index in [0.717, 1.165) is 12.1 Å². The fourth-order valence-corrected chi connectivity index (χ4v) is 4.19. The number of anilines is 1. The number of esters is 2. The van der Waals surface area contributed by atoms with E-state index < -0.39 is 34.1 Å². The van der Waals surface area contributed by atoms with Crippen molar-refractivity contribution in [3.8, 4) is 0 Å². The van der Waals surface area contributed by atoms with Gasteiger partial charge in [-0.2, -0.15) is 0 Å². The first-order valence-electron chi connectivity index (χ1n) is 9.17. The summed E-state index contributed by atoms with van der Waals surface area (Å²) in [5.74, 6) is -2.58. The van der Waals surface area contributed by atoms with Crippen LogP contribution in [0.2, 0.25) is 0 Å². The molecule has 1 aromatic carbocycles. The van der Waals surface area contributed by atoms with E-state index in [1.54, 1.807) is 6.07 Å². The van der Waals surface area contributed by atoms with Crippen LogP contribution in [0.25, 0.3) is 0 Å². The zero-order valence-corrected chi connectivity index (χ0v) is 16.0. The van der Waals surface area contributed by atoms with Gasteiger partial charge >= 0.3 is 11.9 Å². The molecule has 0 saturated carbocycles. The molecule has 27 heavy (non-hydrogen) atoms.